The predicted octanol–water partition coefficient (Wildman–Crippen LogP) is 4.53. The van der Waals surface area contributed by atoms with Crippen molar-refractivity contribution >= 4 is 51.1 Å². The van der Waals surface area contributed by atoms with Crippen molar-refractivity contribution in [1.82, 2.24) is 24.6 Å². The van der Waals surface area contributed by atoms with E-state index >= 15 is 0 Å². The van der Waals surface area contributed by atoms with Crippen LogP contribution in [0.15, 0.2) is 47.3 Å². The maximum Gasteiger partial charge on any atom is 0.177 e. The second kappa shape index (κ2) is 8.33. The van der Waals surface area contributed by atoms with Crippen LogP contribution in [0.3, 0.4) is 0 Å². The summed E-state index contributed by atoms with van der Waals surface area (Å²) < 4.78 is 1.93. The minimum absolute atomic E-state index is 0.261. The molecule has 10 heteroatoms. The van der Waals surface area contributed by atoms with Crippen molar-refractivity contribution in [1.29, 1.82) is 0 Å². The number of fused-ring (bicyclic) bond motifs is 2. The van der Waals surface area contributed by atoms with Crippen LogP contribution in [0, 0.1) is 0 Å². The van der Waals surface area contributed by atoms with Gasteiger partial charge in [0.25, 0.3) is 0 Å². The summed E-state index contributed by atoms with van der Waals surface area (Å²) in [5, 5.41) is 13.3. The number of nitrogens with two attached hydrogens (primary N) is 1. The predicted molar refractivity (Wildman–Crippen MR) is 134 cm³/mol. The second-order valence-corrected chi connectivity index (χ2v) is 9.49. The van der Waals surface area contributed by atoms with Crippen LogP contribution in [-0.2, 0) is 6.54 Å². The minimum atomic E-state index is 0.261. The lowest BCUT2D eigenvalue weighted by Gasteiger charge is -2.31. The van der Waals surface area contributed by atoms with Gasteiger partial charge in [-0.1, -0.05) is 17.7 Å². The number of H-pyrrole nitrogens is 1. The van der Waals surface area contributed by atoms with Crippen LogP contribution in [0.1, 0.15) is 18.7 Å². The lowest BCUT2D eigenvalue weighted by Crippen LogP contribution is -2.40. The molecular formula is C23H23ClN8S. The Morgan fingerprint density at radius 1 is 1.24 bits per heavy atom. The molecule has 0 saturated carbocycles. The van der Waals surface area contributed by atoms with Crippen molar-refractivity contribution in [2.24, 2.45) is 5.73 Å². The van der Waals surface area contributed by atoms with Crippen molar-refractivity contribution in [3.05, 3.63) is 58.1 Å². The van der Waals surface area contributed by atoms with Crippen LogP contribution in [0.4, 0.5) is 11.5 Å². The maximum atomic E-state index is 6.31. The van der Waals surface area contributed by atoms with Gasteiger partial charge in [0.1, 0.15) is 5.82 Å². The number of hydrogen-bond acceptors (Lipinski definition) is 7. The first-order valence-electron chi connectivity index (χ1n) is 10.9. The summed E-state index contributed by atoms with van der Waals surface area (Å²) in [6.45, 7) is 2.29. The van der Waals surface area contributed by atoms with Gasteiger partial charge >= 0.3 is 0 Å². The third-order valence-electron chi connectivity index (χ3n) is 6.10. The summed E-state index contributed by atoms with van der Waals surface area (Å²) >= 11 is 7.97. The molecule has 1 fully saturated rings. The number of para-hydroxylation sites is 1. The van der Waals surface area contributed by atoms with Crippen molar-refractivity contribution in [2.75, 3.05) is 23.3 Å². The number of anilines is 2. The summed E-state index contributed by atoms with van der Waals surface area (Å²) in [6.07, 6.45) is 3.81. The maximum absolute atomic E-state index is 6.31. The molecule has 1 aliphatic rings. The van der Waals surface area contributed by atoms with Gasteiger partial charge in [0.2, 0.25) is 0 Å². The number of hydrogen-bond donors (Lipinski definition) is 3. The number of piperidine rings is 1. The average Bonchev–Trinajstić information content (AvgIpc) is 3.57. The summed E-state index contributed by atoms with van der Waals surface area (Å²) in [5.41, 5.74) is 11.6. The van der Waals surface area contributed by atoms with Crippen molar-refractivity contribution < 1.29 is 0 Å². The number of rotatable bonds is 5. The van der Waals surface area contributed by atoms with E-state index in [1.807, 2.05) is 28.9 Å². The molecule has 33 heavy (non-hydrogen) atoms. The number of nitrogens with one attached hydrogen (secondary N) is 2. The van der Waals surface area contributed by atoms with Crippen LogP contribution in [-0.4, -0.2) is 43.7 Å². The van der Waals surface area contributed by atoms with E-state index in [-0.39, 0.29) is 6.04 Å². The number of thiophene rings is 1. The van der Waals surface area contributed by atoms with Gasteiger partial charge in [0, 0.05) is 36.1 Å². The molecule has 0 aliphatic carbocycles. The molecule has 5 aromatic rings. The molecule has 1 saturated heterocycles. The number of nitrogens with zero attached hydrogens (tertiary/aromatic N) is 5. The van der Waals surface area contributed by atoms with E-state index in [0.29, 0.717) is 11.6 Å². The van der Waals surface area contributed by atoms with Gasteiger partial charge in [-0.25, -0.2) is 14.5 Å². The Kier molecular flexibility index (Phi) is 5.17. The van der Waals surface area contributed by atoms with E-state index in [1.54, 1.807) is 11.3 Å². The van der Waals surface area contributed by atoms with Crippen molar-refractivity contribution in [3.8, 4) is 11.3 Å². The Hall–Kier alpha value is -3.14. The molecule has 168 valence electrons. The smallest absolute Gasteiger partial charge is 0.177 e. The highest BCUT2D eigenvalue weighted by Crippen LogP contribution is 2.30. The molecule has 4 aromatic heterocycles. The molecule has 0 radical (unpaired) electrons. The Balaban J connectivity index is 1.38. The zero-order chi connectivity index (χ0) is 22.4. The van der Waals surface area contributed by atoms with E-state index in [2.05, 4.69) is 43.1 Å². The fourth-order valence-corrected chi connectivity index (χ4v) is 5.15. The zero-order valence-electron chi connectivity index (χ0n) is 17.8. The van der Waals surface area contributed by atoms with Crippen molar-refractivity contribution in [3.63, 3.8) is 0 Å². The highest BCUT2D eigenvalue weighted by atomic mass is 35.5. The summed E-state index contributed by atoms with van der Waals surface area (Å²) in [7, 11) is 0. The standard InChI is InChI=1S/C23H23ClN8S/c24-16-2-1-3-17-22(16)29-20(28-17)12-26-18-10-21(31-7-4-15(25)5-8-31)30-32-19(11-27-23(18)32)14-6-9-33-13-14/h1-3,6,9-11,13,15,26H,4-5,7-8,12,25H2,(H,28,29). The van der Waals surface area contributed by atoms with Gasteiger partial charge in [-0.05, 0) is 36.4 Å². The fourth-order valence-electron chi connectivity index (χ4n) is 4.29. The van der Waals surface area contributed by atoms with Crippen LogP contribution in [0.2, 0.25) is 5.02 Å². The Morgan fingerprint density at radius 3 is 2.91 bits per heavy atom. The Morgan fingerprint density at radius 2 is 2.12 bits per heavy atom. The SMILES string of the molecule is NC1CCN(c2cc(NCc3nc4cccc(Cl)c4[nH]3)c3ncc(-c4ccsc4)n3n2)CC1. The van der Waals surface area contributed by atoms with E-state index < -0.39 is 0 Å². The second-order valence-electron chi connectivity index (χ2n) is 8.30. The van der Waals surface area contributed by atoms with Gasteiger partial charge in [-0.3, -0.25) is 0 Å². The molecule has 0 atom stereocenters. The molecule has 8 nitrogen and oxygen atoms in total. The van der Waals surface area contributed by atoms with Gasteiger partial charge in [0.05, 0.1) is 40.2 Å². The average molecular weight is 479 g/mol. The normalized spacial score (nSPS) is 15.0. The molecule has 1 aliphatic heterocycles. The molecule has 6 rings (SSSR count). The van der Waals surface area contributed by atoms with Gasteiger partial charge in [0.15, 0.2) is 11.5 Å². The van der Waals surface area contributed by atoms with E-state index in [9.17, 15) is 0 Å². The first kappa shape index (κ1) is 20.5. The van der Waals surface area contributed by atoms with Crippen molar-refractivity contribution in [2.45, 2.75) is 25.4 Å². The number of aromatic amines is 1. The Labute approximate surface area is 199 Å². The first-order chi connectivity index (χ1) is 16.2. The van der Waals surface area contributed by atoms with Crippen LogP contribution >= 0.6 is 22.9 Å². The van der Waals surface area contributed by atoms with Crippen LogP contribution in [0.5, 0.6) is 0 Å². The monoisotopic (exact) mass is 478 g/mol. The summed E-state index contributed by atoms with van der Waals surface area (Å²) in [4.78, 5) is 15.0. The van der Waals surface area contributed by atoms with Crippen LogP contribution < -0.4 is 16.0 Å². The molecule has 5 heterocycles. The number of halogens is 1. The Bertz CT molecular complexity index is 1420. The van der Waals surface area contributed by atoms with Gasteiger partial charge in [-0.15, -0.1) is 5.10 Å². The lowest BCUT2D eigenvalue weighted by atomic mass is 10.1. The van der Waals surface area contributed by atoms with E-state index in [4.69, 9.17) is 27.4 Å². The third kappa shape index (κ3) is 3.82. The fraction of sp³-hybridized carbons (Fsp3) is 0.261. The lowest BCUT2D eigenvalue weighted by molar-refractivity contribution is 0.497. The minimum Gasteiger partial charge on any atom is -0.375 e. The molecule has 0 spiro atoms. The molecule has 4 N–H and O–H groups in total. The molecule has 0 bridgehead atoms. The first-order valence-corrected chi connectivity index (χ1v) is 12.3. The quantitative estimate of drug-likeness (QED) is 0.343. The van der Waals surface area contributed by atoms with Gasteiger partial charge in [-0.2, -0.15) is 11.3 Å². The highest BCUT2D eigenvalue weighted by Gasteiger charge is 2.21. The third-order valence-corrected chi connectivity index (χ3v) is 7.10. The summed E-state index contributed by atoms with van der Waals surface area (Å²) in [5.74, 6) is 1.72. The number of benzene rings is 1. The van der Waals surface area contributed by atoms with Crippen LogP contribution in [0.25, 0.3) is 27.9 Å². The largest absolute Gasteiger partial charge is 0.375 e. The van der Waals surface area contributed by atoms with E-state index in [0.717, 1.165) is 71.2 Å². The topological polar surface area (TPSA) is 100 Å². The zero-order valence-corrected chi connectivity index (χ0v) is 19.4. The number of imidazole rings is 2. The molecule has 1 aromatic carbocycles. The molecule has 0 unspecified atom stereocenters. The van der Waals surface area contributed by atoms with E-state index in [1.165, 1.54) is 0 Å². The number of aromatic nitrogens is 5. The van der Waals surface area contributed by atoms with Gasteiger partial charge < -0.3 is 20.9 Å². The summed E-state index contributed by atoms with van der Waals surface area (Å²) in [6, 6.07) is 10.1. The highest BCUT2D eigenvalue weighted by molar-refractivity contribution is 7.08. The molecular weight excluding hydrogens is 456 g/mol. The molecule has 0 amide bonds.